The Labute approximate surface area is 135 Å². The van der Waals surface area contributed by atoms with Crippen molar-refractivity contribution in [3.63, 3.8) is 0 Å². The second-order valence-electron chi connectivity index (χ2n) is 5.75. The first-order valence-electron chi connectivity index (χ1n) is 7.60. The van der Waals surface area contributed by atoms with Gasteiger partial charge in [-0.05, 0) is 31.4 Å². The fourth-order valence-electron chi connectivity index (χ4n) is 2.76. The zero-order valence-corrected chi connectivity index (χ0v) is 13.0. The molecular formula is C16H19N7. The molecule has 2 aromatic rings. The molecule has 7 heteroatoms. The van der Waals surface area contributed by atoms with Crippen LogP contribution in [0, 0.1) is 24.2 Å². The summed E-state index contributed by atoms with van der Waals surface area (Å²) in [6.45, 7) is 4.66. The number of nitrogens with zero attached hydrogens (tertiary/aromatic N) is 5. The lowest BCUT2D eigenvalue weighted by atomic mass is 10.1. The van der Waals surface area contributed by atoms with Crippen molar-refractivity contribution in [1.82, 2.24) is 15.0 Å². The monoisotopic (exact) mass is 309 g/mol. The lowest BCUT2D eigenvalue weighted by Gasteiger charge is -2.18. The average molecular weight is 309 g/mol. The number of nitrogens with two attached hydrogens (primary N) is 1. The quantitative estimate of drug-likeness (QED) is 0.883. The molecule has 0 spiro atoms. The fourth-order valence-corrected chi connectivity index (χ4v) is 2.76. The van der Waals surface area contributed by atoms with Crippen LogP contribution in [-0.4, -0.2) is 34.6 Å². The van der Waals surface area contributed by atoms with E-state index in [-0.39, 0.29) is 0 Å². The Morgan fingerprint density at radius 1 is 1.43 bits per heavy atom. The number of nitrogen functional groups attached to an aromatic ring is 1. The van der Waals surface area contributed by atoms with Crippen LogP contribution in [0.2, 0.25) is 0 Å². The van der Waals surface area contributed by atoms with Gasteiger partial charge in [0, 0.05) is 37.6 Å². The van der Waals surface area contributed by atoms with Crippen LogP contribution in [0.5, 0.6) is 0 Å². The maximum Gasteiger partial charge on any atom is 0.222 e. The van der Waals surface area contributed by atoms with Gasteiger partial charge in [0.25, 0.3) is 0 Å². The van der Waals surface area contributed by atoms with Crippen molar-refractivity contribution in [2.24, 2.45) is 5.92 Å². The molecule has 3 N–H and O–H groups in total. The van der Waals surface area contributed by atoms with E-state index in [4.69, 9.17) is 11.0 Å². The van der Waals surface area contributed by atoms with Gasteiger partial charge in [0.1, 0.15) is 17.7 Å². The summed E-state index contributed by atoms with van der Waals surface area (Å²) in [5.74, 6) is 2.53. The van der Waals surface area contributed by atoms with E-state index in [9.17, 15) is 0 Å². The molecule has 23 heavy (non-hydrogen) atoms. The summed E-state index contributed by atoms with van der Waals surface area (Å²) < 4.78 is 0. The first-order chi connectivity index (χ1) is 11.1. The summed E-state index contributed by atoms with van der Waals surface area (Å²) in [5.41, 5.74) is 7.18. The van der Waals surface area contributed by atoms with Crippen molar-refractivity contribution < 1.29 is 0 Å². The summed E-state index contributed by atoms with van der Waals surface area (Å²) in [4.78, 5) is 14.9. The first-order valence-corrected chi connectivity index (χ1v) is 7.60. The number of aromatic nitrogens is 3. The van der Waals surface area contributed by atoms with Gasteiger partial charge >= 0.3 is 0 Å². The number of nitriles is 1. The number of pyridine rings is 1. The average Bonchev–Trinajstić information content (AvgIpc) is 3.01. The van der Waals surface area contributed by atoms with Crippen molar-refractivity contribution in [1.29, 1.82) is 5.26 Å². The van der Waals surface area contributed by atoms with Gasteiger partial charge in [-0.3, -0.25) is 0 Å². The van der Waals surface area contributed by atoms with Crippen molar-refractivity contribution in [2.45, 2.75) is 13.3 Å². The molecule has 0 bridgehead atoms. The van der Waals surface area contributed by atoms with Gasteiger partial charge in [0.2, 0.25) is 5.95 Å². The van der Waals surface area contributed by atoms with Gasteiger partial charge in [-0.2, -0.15) is 10.2 Å². The Hall–Kier alpha value is -2.88. The Bertz CT molecular complexity index is 700. The minimum absolute atomic E-state index is 0.323. The van der Waals surface area contributed by atoms with Crippen molar-refractivity contribution in [2.75, 3.05) is 35.6 Å². The van der Waals surface area contributed by atoms with Crippen LogP contribution in [0.1, 0.15) is 17.7 Å². The minimum atomic E-state index is 0.323. The Kier molecular flexibility index (Phi) is 4.24. The smallest absolute Gasteiger partial charge is 0.222 e. The highest BCUT2D eigenvalue weighted by molar-refractivity contribution is 5.44. The normalized spacial score (nSPS) is 17.0. The van der Waals surface area contributed by atoms with E-state index in [2.05, 4.69) is 31.2 Å². The molecule has 3 rings (SSSR count). The molecule has 2 aromatic heterocycles. The van der Waals surface area contributed by atoms with Crippen molar-refractivity contribution >= 4 is 17.6 Å². The topological polar surface area (TPSA) is 104 Å². The van der Waals surface area contributed by atoms with Crippen LogP contribution in [-0.2, 0) is 0 Å². The van der Waals surface area contributed by atoms with Crippen LogP contribution in [0.15, 0.2) is 24.4 Å². The molecule has 1 fully saturated rings. The molecule has 0 aromatic carbocycles. The molecule has 0 radical (unpaired) electrons. The molecule has 118 valence electrons. The van der Waals surface area contributed by atoms with E-state index in [1.54, 1.807) is 12.3 Å². The molecule has 3 heterocycles. The number of anilines is 3. The van der Waals surface area contributed by atoms with E-state index < -0.39 is 0 Å². The summed E-state index contributed by atoms with van der Waals surface area (Å²) in [5, 5.41) is 12.1. The Balaban J connectivity index is 1.56. The van der Waals surface area contributed by atoms with Crippen LogP contribution in [0.25, 0.3) is 0 Å². The van der Waals surface area contributed by atoms with E-state index in [0.717, 1.165) is 43.4 Å². The summed E-state index contributed by atoms with van der Waals surface area (Å²) in [6.07, 6.45) is 2.67. The highest BCUT2D eigenvalue weighted by Gasteiger charge is 2.23. The lowest BCUT2D eigenvalue weighted by Crippen LogP contribution is -2.24. The Morgan fingerprint density at radius 3 is 3.00 bits per heavy atom. The highest BCUT2D eigenvalue weighted by atomic mass is 15.2. The number of nitrogens with one attached hydrogen (secondary N) is 1. The molecule has 1 aliphatic rings. The SMILES string of the molecule is Cc1cc(N2CC[C@@H](CNc3ccc(C#N)cn3)C2)nc(N)n1. The minimum Gasteiger partial charge on any atom is -0.370 e. The van der Waals surface area contributed by atoms with Crippen LogP contribution < -0.4 is 16.0 Å². The number of rotatable bonds is 4. The zero-order valence-electron chi connectivity index (χ0n) is 13.0. The molecule has 0 aliphatic carbocycles. The van der Waals surface area contributed by atoms with Crippen LogP contribution in [0.4, 0.5) is 17.6 Å². The van der Waals surface area contributed by atoms with Gasteiger partial charge in [-0.1, -0.05) is 0 Å². The number of hydrogen-bond acceptors (Lipinski definition) is 7. The van der Waals surface area contributed by atoms with E-state index in [1.807, 2.05) is 19.1 Å². The largest absolute Gasteiger partial charge is 0.370 e. The van der Waals surface area contributed by atoms with E-state index >= 15 is 0 Å². The third kappa shape index (κ3) is 3.66. The predicted molar refractivity (Wildman–Crippen MR) is 88.9 cm³/mol. The number of hydrogen-bond donors (Lipinski definition) is 2. The first kappa shape index (κ1) is 15.0. The van der Waals surface area contributed by atoms with Crippen molar-refractivity contribution in [3.8, 4) is 6.07 Å². The van der Waals surface area contributed by atoms with Crippen LogP contribution >= 0.6 is 0 Å². The summed E-state index contributed by atoms with van der Waals surface area (Å²) in [6, 6.07) is 7.63. The fraction of sp³-hybridized carbons (Fsp3) is 0.375. The molecule has 0 saturated carbocycles. The maximum atomic E-state index is 8.77. The molecule has 0 unspecified atom stereocenters. The molecule has 0 amide bonds. The van der Waals surface area contributed by atoms with Gasteiger partial charge in [-0.25, -0.2) is 9.97 Å². The van der Waals surface area contributed by atoms with E-state index in [1.165, 1.54) is 0 Å². The molecule has 1 aliphatic heterocycles. The van der Waals surface area contributed by atoms with Gasteiger partial charge < -0.3 is 16.0 Å². The zero-order chi connectivity index (χ0) is 16.2. The van der Waals surface area contributed by atoms with Crippen LogP contribution in [0.3, 0.4) is 0 Å². The highest BCUT2D eigenvalue weighted by Crippen LogP contribution is 2.23. The van der Waals surface area contributed by atoms with Gasteiger partial charge in [-0.15, -0.1) is 0 Å². The second-order valence-corrected chi connectivity index (χ2v) is 5.75. The molecular weight excluding hydrogens is 290 g/mol. The second kappa shape index (κ2) is 6.48. The van der Waals surface area contributed by atoms with Crippen molar-refractivity contribution in [3.05, 3.63) is 35.7 Å². The summed E-state index contributed by atoms with van der Waals surface area (Å²) in [7, 11) is 0. The summed E-state index contributed by atoms with van der Waals surface area (Å²) >= 11 is 0. The standard InChI is InChI=1S/C16H19N7/c1-11-6-15(22-16(18)21-11)23-5-4-13(10-23)9-20-14-3-2-12(7-17)8-19-14/h2-3,6,8,13H,4-5,9-10H2,1H3,(H,19,20)(H2,18,21,22)/t13-/m0/s1. The Morgan fingerprint density at radius 2 is 2.30 bits per heavy atom. The maximum absolute atomic E-state index is 8.77. The van der Waals surface area contributed by atoms with Gasteiger partial charge in [0.05, 0.1) is 5.56 Å². The predicted octanol–water partition coefficient (Wildman–Crippen LogP) is 1.57. The third-order valence-electron chi connectivity index (χ3n) is 3.93. The van der Waals surface area contributed by atoms with E-state index in [0.29, 0.717) is 17.4 Å². The number of aryl methyl sites for hydroxylation is 1. The lowest BCUT2D eigenvalue weighted by molar-refractivity contribution is 0.621. The third-order valence-corrected chi connectivity index (χ3v) is 3.93. The van der Waals surface area contributed by atoms with Gasteiger partial charge in [0.15, 0.2) is 0 Å². The molecule has 1 saturated heterocycles. The molecule has 1 atom stereocenters. The molecule has 7 nitrogen and oxygen atoms in total.